The molecule has 0 aliphatic rings. The molecule has 1 N–H and O–H groups in total. The predicted molar refractivity (Wildman–Crippen MR) is 118 cm³/mol. The van der Waals surface area contributed by atoms with E-state index >= 15 is 0 Å². The van der Waals surface area contributed by atoms with Gasteiger partial charge in [-0.25, -0.2) is 17.9 Å². The Hall–Kier alpha value is -2.20. The molecular formula is C20H22ClNO6S2. The lowest BCUT2D eigenvalue weighted by Crippen LogP contribution is -2.26. The number of carbonyl (C=O) groups is 1. The number of thioether (sulfide) groups is 1. The highest BCUT2D eigenvalue weighted by Gasteiger charge is 2.23. The van der Waals surface area contributed by atoms with Crippen LogP contribution >= 0.6 is 23.4 Å². The number of halogens is 1. The lowest BCUT2D eigenvalue weighted by atomic mass is 10.2. The van der Waals surface area contributed by atoms with Crippen molar-refractivity contribution in [3.63, 3.8) is 0 Å². The molecule has 2 rings (SSSR count). The van der Waals surface area contributed by atoms with Gasteiger partial charge in [-0.2, -0.15) is 0 Å². The molecule has 30 heavy (non-hydrogen) atoms. The van der Waals surface area contributed by atoms with Crippen LogP contribution in [-0.2, 0) is 19.6 Å². The first-order valence-corrected chi connectivity index (χ1v) is 11.6. The topological polar surface area (TPSA) is 90.9 Å². The van der Waals surface area contributed by atoms with Crippen molar-refractivity contribution >= 4 is 45.4 Å². The fraction of sp³-hybridized carbons (Fsp3) is 0.250. The van der Waals surface area contributed by atoms with E-state index in [1.165, 1.54) is 51.3 Å². The van der Waals surface area contributed by atoms with Crippen LogP contribution in [0.1, 0.15) is 5.56 Å². The molecule has 0 fully saturated rings. The van der Waals surface area contributed by atoms with E-state index in [4.69, 9.17) is 21.1 Å². The van der Waals surface area contributed by atoms with Crippen LogP contribution in [0.25, 0.3) is 6.08 Å². The minimum absolute atomic E-state index is 0.0746. The molecule has 0 radical (unpaired) electrons. The number of esters is 1. The summed E-state index contributed by atoms with van der Waals surface area (Å²) >= 11 is 7.36. The monoisotopic (exact) mass is 471 g/mol. The fourth-order valence-corrected chi connectivity index (χ4v) is 4.70. The zero-order chi connectivity index (χ0) is 22.1. The Morgan fingerprint density at radius 2 is 1.83 bits per heavy atom. The van der Waals surface area contributed by atoms with Gasteiger partial charge in [-0.1, -0.05) is 11.6 Å². The Morgan fingerprint density at radius 3 is 2.43 bits per heavy atom. The van der Waals surface area contributed by atoms with Gasteiger partial charge in [-0.3, -0.25) is 0 Å². The van der Waals surface area contributed by atoms with Gasteiger partial charge in [0.15, 0.2) is 11.5 Å². The van der Waals surface area contributed by atoms with Gasteiger partial charge in [0.25, 0.3) is 0 Å². The molecule has 0 saturated heterocycles. The maximum Gasteiger partial charge on any atom is 0.330 e. The first-order chi connectivity index (χ1) is 14.3. The molecule has 0 aromatic heterocycles. The highest BCUT2D eigenvalue weighted by Crippen LogP contribution is 2.36. The number of hydrogen-bond acceptors (Lipinski definition) is 7. The average molecular weight is 472 g/mol. The van der Waals surface area contributed by atoms with E-state index in [1.54, 1.807) is 18.2 Å². The third kappa shape index (κ3) is 6.66. The molecule has 0 saturated carbocycles. The van der Waals surface area contributed by atoms with Gasteiger partial charge in [0.1, 0.15) is 4.90 Å². The van der Waals surface area contributed by atoms with Crippen molar-refractivity contribution < 1.29 is 27.4 Å². The second-order valence-electron chi connectivity index (χ2n) is 5.81. The lowest BCUT2D eigenvalue weighted by Gasteiger charge is -2.15. The molecule has 0 heterocycles. The molecule has 7 nitrogen and oxygen atoms in total. The van der Waals surface area contributed by atoms with E-state index in [0.29, 0.717) is 16.3 Å². The number of methoxy groups -OCH3 is 3. The van der Waals surface area contributed by atoms with Crippen molar-refractivity contribution in [2.45, 2.75) is 9.79 Å². The Balaban J connectivity index is 2.19. The summed E-state index contributed by atoms with van der Waals surface area (Å²) in [5.41, 5.74) is 0.439. The van der Waals surface area contributed by atoms with Crippen LogP contribution in [0.5, 0.6) is 11.5 Å². The largest absolute Gasteiger partial charge is 0.493 e. The normalized spacial score (nSPS) is 11.5. The predicted octanol–water partition coefficient (Wildman–Crippen LogP) is 3.61. The summed E-state index contributed by atoms with van der Waals surface area (Å²) in [6.07, 6.45) is 2.62. The molecule has 0 atom stereocenters. The maximum absolute atomic E-state index is 12.9. The molecule has 0 bridgehead atoms. The molecule has 0 amide bonds. The van der Waals surface area contributed by atoms with Gasteiger partial charge in [0.2, 0.25) is 10.0 Å². The standard InChI is InChI=1S/C20H22ClNO6S2/c1-26-17-12-14(4-9-19(23)27-2)13-18(20(17)28-3)30(24,25)22-10-11-29-16-7-5-15(21)6-8-16/h4-9,12-13,22H,10-11H2,1-3H3/b9-4+. The van der Waals surface area contributed by atoms with Crippen LogP contribution in [-0.4, -0.2) is 48.0 Å². The highest BCUT2D eigenvalue weighted by atomic mass is 35.5. The SMILES string of the molecule is COC(=O)/C=C/c1cc(OC)c(OC)c(S(=O)(=O)NCCSc2ccc(Cl)cc2)c1. The maximum atomic E-state index is 12.9. The molecule has 0 aliphatic carbocycles. The summed E-state index contributed by atoms with van der Waals surface area (Å²) in [6, 6.07) is 10.2. The number of carbonyl (C=O) groups excluding carboxylic acids is 1. The average Bonchev–Trinajstić information content (AvgIpc) is 2.75. The summed E-state index contributed by atoms with van der Waals surface area (Å²) in [5.74, 6) is 0.250. The van der Waals surface area contributed by atoms with Crippen LogP contribution < -0.4 is 14.2 Å². The minimum Gasteiger partial charge on any atom is -0.493 e. The van der Waals surface area contributed by atoms with Crippen LogP contribution in [0.15, 0.2) is 52.3 Å². The van der Waals surface area contributed by atoms with E-state index in [0.717, 1.165) is 4.90 Å². The van der Waals surface area contributed by atoms with E-state index in [-0.39, 0.29) is 22.9 Å². The van der Waals surface area contributed by atoms with Crippen molar-refractivity contribution in [3.8, 4) is 11.5 Å². The van der Waals surface area contributed by atoms with Crippen LogP contribution in [0.3, 0.4) is 0 Å². The smallest absolute Gasteiger partial charge is 0.330 e. The molecule has 0 unspecified atom stereocenters. The summed E-state index contributed by atoms with van der Waals surface area (Å²) in [4.78, 5) is 12.2. The Labute approximate surface area is 185 Å². The van der Waals surface area contributed by atoms with Crippen LogP contribution in [0.2, 0.25) is 5.02 Å². The number of benzene rings is 2. The van der Waals surface area contributed by atoms with Gasteiger partial charge in [0.05, 0.1) is 21.3 Å². The third-order valence-electron chi connectivity index (χ3n) is 3.85. The third-order valence-corrected chi connectivity index (χ3v) is 6.58. The summed E-state index contributed by atoms with van der Waals surface area (Å²) in [7, 11) is 0.110. The molecule has 0 aliphatic heterocycles. The van der Waals surface area contributed by atoms with E-state index < -0.39 is 16.0 Å². The van der Waals surface area contributed by atoms with Crippen molar-refractivity contribution in [2.24, 2.45) is 0 Å². The summed E-state index contributed by atoms with van der Waals surface area (Å²) < 4.78 is 43.4. The van der Waals surface area contributed by atoms with E-state index in [1.807, 2.05) is 12.1 Å². The molecule has 2 aromatic rings. The van der Waals surface area contributed by atoms with Gasteiger partial charge < -0.3 is 14.2 Å². The van der Waals surface area contributed by atoms with Crippen molar-refractivity contribution in [1.29, 1.82) is 0 Å². The molecule has 2 aromatic carbocycles. The number of ether oxygens (including phenoxy) is 3. The van der Waals surface area contributed by atoms with Gasteiger partial charge in [-0.05, 0) is 48.0 Å². The van der Waals surface area contributed by atoms with Crippen molar-refractivity contribution in [3.05, 3.63) is 53.1 Å². The second-order valence-corrected chi connectivity index (χ2v) is 9.15. The fourth-order valence-electron chi connectivity index (χ4n) is 2.43. The van der Waals surface area contributed by atoms with Crippen molar-refractivity contribution in [2.75, 3.05) is 33.6 Å². The first kappa shape index (κ1) is 24.1. The van der Waals surface area contributed by atoms with Crippen LogP contribution in [0.4, 0.5) is 0 Å². The summed E-state index contributed by atoms with van der Waals surface area (Å²) in [6.45, 7) is 0.198. The van der Waals surface area contributed by atoms with Gasteiger partial charge >= 0.3 is 5.97 Å². The van der Waals surface area contributed by atoms with Gasteiger partial charge in [0, 0.05) is 28.3 Å². The molecule has 0 spiro atoms. The molecule has 10 heteroatoms. The Morgan fingerprint density at radius 1 is 1.13 bits per heavy atom. The highest BCUT2D eigenvalue weighted by molar-refractivity contribution is 7.99. The second kappa shape index (κ2) is 11.3. The van der Waals surface area contributed by atoms with E-state index in [2.05, 4.69) is 9.46 Å². The van der Waals surface area contributed by atoms with Crippen molar-refractivity contribution in [1.82, 2.24) is 4.72 Å². The first-order valence-electron chi connectivity index (χ1n) is 8.70. The van der Waals surface area contributed by atoms with E-state index in [9.17, 15) is 13.2 Å². The number of nitrogens with one attached hydrogen (secondary N) is 1. The zero-order valence-corrected chi connectivity index (χ0v) is 19.1. The van der Waals surface area contributed by atoms with Crippen LogP contribution in [0, 0.1) is 0 Å². The number of sulfonamides is 1. The van der Waals surface area contributed by atoms with Gasteiger partial charge in [-0.15, -0.1) is 11.8 Å². The number of rotatable bonds is 10. The number of hydrogen-bond donors (Lipinski definition) is 1. The zero-order valence-electron chi connectivity index (χ0n) is 16.7. The quantitative estimate of drug-likeness (QED) is 0.245. The Bertz CT molecular complexity index is 1010. The Kier molecular flexibility index (Phi) is 9.04. The summed E-state index contributed by atoms with van der Waals surface area (Å²) in [5, 5.41) is 0.641. The molecule has 162 valence electrons. The minimum atomic E-state index is -3.90. The molecular weight excluding hydrogens is 450 g/mol. The lowest BCUT2D eigenvalue weighted by molar-refractivity contribution is -0.134.